The molecule has 0 spiro atoms. The molecule has 0 aliphatic rings. The van der Waals surface area contributed by atoms with Gasteiger partial charge in [0.05, 0.1) is 34.6 Å². The molecule has 0 saturated carbocycles. The van der Waals surface area contributed by atoms with E-state index in [0.29, 0.717) is 10.6 Å². The number of carbonyl (C=O) groups is 2. The molecule has 17 nitrogen and oxygen atoms in total. The Bertz CT molecular complexity index is 3200. The summed E-state index contributed by atoms with van der Waals surface area (Å²) in [5.41, 5.74) is -8.31. The monoisotopic (exact) mass is 1120 g/mol. The summed E-state index contributed by atoms with van der Waals surface area (Å²) in [6.07, 6.45) is -8.62. The third-order valence-corrected chi connectivity index (χ3v) is 9.98. The number of benzene rings is 2. The smallest absolute Gasteiger partial charge is 0.433 e. The maximum absolute atomic E-state index is 14.7. The number of H-pyrrole nitrogens is 1. The number of aryl methyl sites for hydroxylation is 1. The Balaban J connectivity index is 0.000000350. The summed E-state index contributed by atoms with van der Waals surface area (Å²) in [4.78, 5) is 72.5. The quantitative estimate of drug-likeness (QED) is 0.0713. The van der Waals surface area contributed by atoms with Crippen molar-refractivity contribution in [3.63, 3.8) is 0 Å². The molecular weight excluding hydrogens is 1080 g/mol. The average molecular weight is 1120 g/mol. The van der Waals surface area contributed by atoms with Gasteiger partial charge in [0, 0.05) is 102 Å². The first-order valence-corrected chi connectivity index (χ1v) is 22.4. The van der Waals surface area contributed by atoms with Gasteiger partial charge in [-0.25, -0.2) is 42.7 Å². The summed E-state index contributed by atoms with van der Waals surface area (Å²) in [7, 11) is 27.5. The lowest BCUT2D eigenvalue weighted by molar-refractivity contribution is -0.146. The van der Waals surface area contributed by atoms with Gasteiger partial charge < -0.3 is 33.4 Å². The molecule has 78 heavy (non-hydrogen) atoms. The van der Waals surface area contributed by atoms with Crippen molar-refractivity contribution in [2.45, 2.75) is 40.6 Å². The normalized spacial score (nSPS) is 10.7. The Morgan fingerprint density at radius 1 is 0.692 bits per heavy atom. The Morgan fingerprint density at radius 3 is 1.49 bits per heavy atom. The van der Waals surface area contributed by atoms with Crippen LogP contribution in [0.25, 0.3) is 11.4 Å². The van der Waals surface area contributed by atoms with Crippen LogP contribution < -0.4 is 35.8 Å². The highest BCUT2D eigenvalue weighted by atomic mass is 35.5. The molecule has 395 valence electrons. The number of carbonyl (C=O) groups excluding carboxylic acids is 2. The zero-order chi connectivity index (χ0) is 57.5. The number of aromatic nitrogens is 6. The molecule has 6 aromatic rings. The molecule has 0 saturated heterocycles. The van der Waals surface area contributed by atoms with E-state index in [0.717, 1.165) is 25.1 Å². The molecule has 11 radical (unpaired) electrons. The van der Waals surface area contributed by atoms with Gasteiger partial charge in [-0.05, 0) is 57.2 Å². The first-order valence-electron chi connectivity index (χ1n) is 21.6. The molecule has 4 aromatic heterocycles. The molecule has 1 N–H and O–H groups in total. The van der Waals surface area contributed by atoms with Crippen molar-refractivity contribution < 1.29 is 73.1 Å². The molecule has 0 fully saturated rings. The molecule has 0 amide bonds. The van der Waals surface area contributed by atoms with Crippen LogP contribution in [0.2, 0.25) is 10.0 Å². The van der Waals surface area contributed by atoms with Crippen molar-refractivity contribution in [1.82, 2.24) is 29.1 Å². The maximum atomic E-state index is 14.7. The number of nitrogens with zero attached hydrogens (tertiary/aromatic N) is 5. The third-order valence-electron chi connectivity index (χ3n) is 9.39. The van der Waals surface area contributed by atoms with Gasteiger partial charge in [-0.15, -0.1) is 0 Å². The van der Waals surface area contributed by atoms with Crippen LogP contribution in [0, 0.1) is 18.6 Å². The summed E-state index contributed by atoms with van der Waals surface area (Å²) in [5.74, 6) is -4.76. The fourth-order valence-corrected chi connectivity index (χ4v) is 6.36. The fraction of sp³-hybridized carbons (Fsp3) is 0.238. The van der Waals surface area contributed by atoms with E-state index < -0.39 is 107 Å². The standard InChI is InChI=1S/C21H16ClF4N3O5.C20H14ClF4N3O6.CH4.B9/c1-3-32-19(31)10-33-20-15(5-4-6-27-20)34-16-8-14(13(23)7-12(16)22)29-11(2)28-17(9-18(29)30)21(24,25)26;1-2-32-17(30)9-33-18-13(4-3-5-26-18)34-14-7-12(11(22)6-10(14)21)28-16(29)8-15(20(23,24)25)27-19(28)31;;1-6-9(7(2)3)8(4)5/h4-9H,3,10H2,1-2H3;3-8H,2,9H2,1H3,(H,27,31);1H4;. The van der Waals surface area contributed by atoms with E-state index in [9.17, 15) is 59.1 Å². The highest BCUT2D eigenvalue weighted by molar-refractivity contribution is 7.93. The topological polar surface area (TPSA) is 205 Å². The third kappa shape index (κ3) is 18.1. The van der Waals surface area contributed by atoms with Crippen LogP contribution >= 0.6 is 23.2 Å². The van der Waals surface area contributed by atoms with Crippen molar-refractivity contribution in [1.29, 1.82) is 0 Å². The highest BCUT2D eigenvalue weighted by Gasteiger charge is 2.35. The molecule has 6 rings (SSSR count). The van der Waals surface area contributed by atoms with E-state index >= 15 is 0 Å². The molecular formula is C42H34B9Cl2F8N6O11. The number of ether oxygens (including phenoxy) is 6. The van der Waals surface area contributed by atoms with Crippen molar-refractivity contribution in [3.8, 4) is 46.1 Å². The van der Waals surface area contributed by atoms with Crippen LogP contribution in [0.15, 0.2) is 87.4 Å². The Labute approximate surface area is 456 Å². The summed E-state index contributed by atoms with van der Waals surface area (Å²) < 4.78 is 139. The van der Waals surface area contributed by atoms with Gasteiger partial charge in [-0.3, -0.25) is 14.2 Å². The summed E-state index contributed by atoms with van der Waals surface area (Å²) in [6.45, 7) is 3.67. The fourth-order valence-electron chi connectivity index (χ4n) is 5.98. The second-order valence-corrected chi connectivity index (χ2v) is 15.7. The van der Waals surface area contributed by atoms with Gasteiger partial charge in [0.1, 0.15) is 34.7 Å². The van der Waals surface area contributed by atoms with Crippen LogP contribution in [0.3, 0.4) is 0 Å². The molecule has 4 heterocycles. The Hall–Kier alpha value is -6.96. The van der Waals surface area contributed by atoms with Crippen LogP contribution in [0.5, 0.6) is 34.8 Å². The van der Waals surface area contributed by atoms with Crippen LogP contribution in [0.1, 0.15) is 38.5 Å². The van der Waals surface area contributed by atoms with E-state index in [1.165, 1.54) is 48.7 Å². The second kappa shape index (κ2) is 29.1. The van der Waals surface area contributed by atoms with Crippen LogP contribution in [0.4, 0.5) is 35.1 Å². The summed E-state index contributed by atoms with van der Waals surface area (Å²) in [6, 6.07) is 9.45. The predicted octanol–water partition coefficient (Wildman–Crippen LogP) is 5.16. The van der Waals surface area contributed by atoms with Gasteiger partial charge in [-0.2, -0.15) is 26.3 Å². The number of halogens is 10. The maximum Gasteiger partial charge on any atom is 0.433 e. The molecule has 0 aliphatic heterocycles. The number of rotatable bonds is 17. The first-order chi connectivity index (χ1) is 36.1. The van der Waals surface area contributed by atoms with Gasteiger partial charge in [0.15, 0.2) is 30.4 Å². The van der Waals surface area contributed by atoms with Crippen molar-refractivity contribution >= 4 is 100 Å². The Kier molecular flexibility index (Phi) is 24.4. The molecule has 0 unspecified atom stereocenters. The minimum absolute atomic E-state index is 0. The van der Waals surface area contributed by atoms with Crippen LogP contribution in [-0.4, -0.2) is 132 Å². The van der Waals surface area contributed by atoms with E-state index in [1.54, 1.807) is 13.8 Å². The van der Waals surface area contributed by atoms with E-state index in [4.69, 9.17) is 90.3 Å². The lowest BCUT2D eigenvalue weighted by Crippen LogP contribution is -2.55. The molecule has 0 atom stereocenters. The van der Waals surface area contributed by atoms with Crippen molar-refractivity contribution in [2.24, 2.45) is 0 Å². The number of nitrogens with one attached hydrogen (secondary N) is 1. The lowest BCUT2D eigenvalue weighted by atomic mass is 8.64. The Morgan fingerprint density at radius 2 is 1.13 bits per heavy atom. The molecule has 0 bridgehead atoms. The molecule has 36 heteroatoms. The number of aromatic amines is 1. The first kappa shape index (κ1) is 65.3. The summed E-state index contributed by atoms with van der Waals surface area (Å²) >= 11 is 12.1. The average Bonchev–Trinajstić information content (AvgIpc) is 3.38. The second-order valence-electron chi connectivity index (χ2n) is 14.9. The van der Waals surface area contributed by atoms with Crippen molar-refractivity contribution in [2.75, 3.05) is 26.4 Å². The number of pyridine rings is 2. The number of esters is 2. The van der Waals surface area contributed by atoms with Gasteiger partial charge >= 0.3 is 30.0 Å². The zero-order valence-electron chi connectivity index (χ0n) is 40.0. The van der Waals surface area contributed by atoms with Gasteiger partial charge in [0.25, 0.3) is 22.9 Å². The van der Waals surface area contributed by atoms with Crippen LogP contribution in [-0.2, 0) is 31.4 Å². The predicted molar refractivity (Wildman–Crippen MR) is 279 cm³/mol. The van der Waals surface area contributed by atoms with E-state index in [2.05, 4.69) is 15.0 Å². The van der Waals surface area contributed by atoms with Gasteiger partial charge in [0.2, 0.25) is 0 Å². The number of alkyl halides is 6. The zero-order valence-corrected chi connectivity index (χ0v) is 41.5. The minimum atomic E-state index is -5.00. The largest absolute Gasteiger partial charge is 0.463 e. The SMILES string of the molecule is C.CCOC(=O)COc1ncccc1Oc1cc(-n2c(=O)cc(C(F)(F)F)[nH]c2=O)c(F)cc1Cl.CCOC(=O)COc1ncccc1Oc1cc(-n2c(C)nc(C(F)(F)F)cc2=O)c(F)cc1Cl.[B][B]B(B([B])[B])B([B])[B]. The number of hydrogen-bond donors (Lipinski definition) is 1. The highest BCUT2D eigenvalue weighted by Crippen LogP contribution is 2.38. The molecule has 2 aromatic carbocycles. The van der Waals surface area contributed by atoms with E-state index in [-0.39, 0.29) is 88.5 Å². The van der Waals surface area contributed by atoms with Crippen molar-refractivity contribution in [3.05, 3.63) is 143 Å². The van der Waals surface area contributed by atoms with E-state index in [1.807, 2.05) is 0 Å². The summed E-state index contributed by atoms with van der Waals surface area (Å²) in [5, 5.41) is -0.523. The van der Waals surface area contributed by atoms with Gasteiger partial charge in [-0.1, -0.05) is 30.6 Å². The number of hydrogen-bond acceptors (Lipinski definition) is 14. The lowest BCUT2D eigenvalue weighted by Gasteiger charge is -2.17. The minimum Gasteiger partial charge on any atom is -0.463 e. The molecule has 0 aliphatic carbocycles.